The second kappa shape index (κ2) is 6.16. The predicted molar refractivity (Wildman–Crippen MR) is 70.9 cm³/mol. The van der Waals surface area contributed by atoms with Gasteiger partial charge in [0.15, 0.2) is 11.6 Å². The topological polar surface area (TPSA) is 51.8 Å². The van der Waals surface area contributed by atoms with Gasteiger partial charge in [0.25, 0.3) is 0 Å². The molecule has 0 aliphatic heterocycles. The highest BCUT2D eigenvalue weighted by Crippen LogP contribution is 2.23. The molecule has 0 spiro atoms. The van der Waals surface area contributed by atoms with Gasteiger partial charge in [0.1, 0.15) is 0 Å². The number of nitrogens with zero attached hydrogens (tertiary/aromatic N) is 2. The number of hydrogen-bond acceptors (Lipinski definition) is 4. The molecule has 1 aromatic heterocycles. The lowest BCUT2D eigenvalue weighted by molar-refractivity contribution is 0.506. The molecule has 2 rings (SSSR count). The average Bonchev–Trinajstić information content (AvgIpc) is 2.83. The molecular weight excluding hydrogens is 268 g/mol. The molecule has 1 atom stereocenters. The maximum absolute atomic E-state index is 13.1. The van der Waals surface area contributed by atoms with Crippen molar-refractivity contribution in [2.75, 3.05) is 0 Å². The van der Waals surface area contributed by atoms with Crippen molar-refractivity contribution < 1.29 is 8.78 Å². The Morgan fingerprint density at radius 2 is 2.11 bits per heavy atom. The molecule has 3 nitrogen and oxygen atoms in total. The van der Waals surface area contributed by atoms with Crippen molar-refractivity contribution in [2.24, 2.45) is 5.73 Å². The molecule has 1 aromatic carbocycles. The summed E-state index contributed by atoms with van der Waals surface area (Å²) >= 11 is 1.27. The lowest BCUT2D eigenvalue weighted by Gasteiger charge is -2.11. The summed E-state index contributed by atoms with van der Waals surface area (Å²) in [4.78, 5) is 0.923. The van der Waals surface area contributed by atoms with Gasteiger partial charge in [-0.25, -0.2) is 8.78 Å². The van der Waals surface area contributed by atoms with Gasteiger partial charge in [0.05, 0.1) is 10.6 Å². The van der Waals surface area contributed by atoms with Crippen LogP contribution in [0.5, 0.6) is 0 Å². The van der Waals surface area contributed by atoms with Crippen molar-refractivity contribution in [3.8, 4) is 0 Å². The molecule has 0 radical (unpaired) electrons. The SMILES string of the molecule is CCCc1nnsc1C(N)Cc1ccc(F)c(F)c1. The molecule has 0 amide bonds. The van der Waals surface area contributed by atoms with Crippen LogP contribution in [0, 0.1) is 11.6 Å². The Bertz CT molecular complexity index is 557. The summed E-state index contributed by atoms with van der Waals surface area (Å²) in [5, 5.41) is 4.05. The van der Waals surface area contributed by atoms with Crippen LogP contribution in [-0.2, 0) is 12.8 Å². The number of hydrogen-bond donors (Lipinski definition) is 1. The quantitative estimate of drug-likeness (QED) is 0.917. The van der Waals surface area contributed by atoms with E-state index in [1.165, 1.54) is 17.6 Å². The Labute approximate surface area is 114 Å². The number of rotatable bonds is 5. The van der Waals surface area contributed by atoms with Crippen LogP contribution < -0.4 is 5.73 Å². The molecule has 102 valence electrons. The lowest BCUT2D eigenvalue weighted by Crippen LogP contribution is -2.14. The average molecular weight is 283 g/mol. The minimum Gasteiger partial charge on any atom is -0.323 e. The number of nitrogens with two attached hydrogens (primary N) is 1. The Kier molecular flexibility index (Phi) is 4.55. The molecule has 2 N–H and O–H groups in total. The monoisotopic (exact) mass is 283 g/mol. The zero-order valence-electron chi connectivity index (χ0n) is 10.6. The largest absolute Gasteiger partial charge is 0.323 e. The van der Waals surface area contributed by atoms with Crippen LogP contribution >= 0.6 is 11.5 Å². The van der Waals surface area contributed by atoms with Crippen molar-refractivity contribution in [1.29, 1.82) is 0 Å². The second-order valence-corrected chi connectivity index (χ2v) is 5.18. The van der Waals surface area contributed by atoms with E-state index in [0.29, 0.717) is 12.0 Å². The predicted octanol–water partition coefficient (Wildman–Crippen LogP) is 3.01. The summed E-state index contributed by atoms with van der Waals surface area (Å²) in [5.41, 5.74) is 7.68. The number of aryl methyl sites for hydroxylation is 1. The molecule has 0 saturated heterocycles. The minimum atomic E-state index is -0.846. The first-order chi connectivity index (χ1) is 9.11. The summed E-state index contributed by atoms with van der Waals surface area (Å²) in [6.07, 6.45) is 2.24. The molecule has 0 saturated carbocycles. The van der Waals surface area contributed by atoms with Gasteiger partial charge in [-0.2, -0.15) is 0 Å². The van der Waals surface area contributed by atoms with Crippen molar-refractivity contribution in [2.45, 2.75) is 32.2 Å². The highest BCUT2D eigenvalue weighted by Gasteiger charge is 2.16. The summed E-state index contributed by atoms with van der Waals surface area (Å²) in [5.74, 6) is -1.69. The molecule has 0 aliphatic rings. The van der Waals surface area contributed by atoms with Crippen LogP contribution in [0.1, 0.15) is 35.5 Å². The summed E-state index contributed by atoms with van der Waals surface area (Å²) < 4.78 is 29.9. The van der Waals surface area contributed by atoms with Gasteiger partial charge in [-0.05, 0) is 42.1 Å². The van der Waals surface area contributed by atoms with E-state index >= 15 is 0 Å². The van der Waals surface area contributed by atoms with Crippen LogP contribution in [-0.4, -0.2) is 9.59 Å². The molecule has 1 heterocycles. The fraction of sp³-hybridized carbons (Fsp3) is 0.385. The standard InChI is InChI=1S/C13H15F2N3S/c1-2-3-12-13(19-18-17-12)11(16)7-8-4-5-9(14)10(15)6-8/h4-6,11H,2-3,7,16H2,1H3. The fourth-order valence-electron chi connectivity index (χ4n) is 1.92. The van der Waals surface area contributed by atoms with E-state index in [-0.39, 0.29) is 6.04 Å². The van der Waals surface area contributed by atoms with E-state index in [0.717, 1.165) is 29.5 Å². The number of benzene rings is 1. The van der Waals surface area contributed by atoms with E-state index < -0.39 is 11.6 Å². The summed E-state index contributed by atoms with van der Waals surface area (Å²) in [7, 11) is 0. The Morgan fingerprint density at radius 3 is 2.79 bits per heavy atom. The first-order valence-electron chi connectivity index (χ1n) is 6.12. The third-order valence-corrected chi connectivity index (χ3v) is 3.75. The van der Waals surface area contributed by atoms with Crippen LogP contribution in [0.4, 0.5) is 8.78 Å². The maximum Gasteiger partial charge on any atom is 0.159 e. The lowest BCUT2D eigenvalue weighted by atomic mass is 10.0. The smallest absolute Gasteiger partial charge is 0.159 e. The van der Waals surface area contributed by atoms with Crippen molar-refractivity contribution in [3.63, 3.8) is 0 Å². The van der Waals surface area contributed by atoms with Crippen molar-refractivity contribution in [3.05, 3.63) is 46.0 Å². The van der Waals surface area contributed by atoms with Gasteiger partial charge in [-0.3, -0.25) is 0 Å². The highest BCUT2D eigenvalue weighted by molar-refractivity contribution is 7.05. The molecule has 1 unspecified atom stereocenters. The summed E-state index contributed by atoms with van der Waals surface area (Å²) in [6.45, 7) is 2.06. The maximum atomic E-state index is 13.1. The van der Waals surface area contributed by atoms with Crippen LogP contribution in [0.2, 0.25) is 0 Å². The zero-order chi connectivity index (χ0) is 13.8. The molecule has 6 heteroatoms. The number of halogens is 2. The molecule has 19 heavy (non-hydrogen) atoms. The van der Waals surface area contributed by atoms with E-state index in [9.17, 15) is 8.78 Å². The fourth-order valence-corrected chi connectivity index (χ4v) is 2.61. The normalized spacial score (nSPS) is 12.6. The van der Waals surface area contributed by atoms with Crippen LogP contribution in [0.3, 0.4) is 0 Å². The van der Waals surface area contributed by atoms with Gasteiger partial charge >= 0.3 is 0 Å². The first-order valence-corrected chi connectivity index (χ1v) is 6.89. The number of aromatic nitrogens is 2. The first kappa shape index (κ1) is 14.0. The molecule has 0 aliphatic carbocycles. The van der Waals surface area contributed by atoms with Gasteiger partial charge < -0.3 is 5.73 Å². The molecular formula is C13H15F2N3S. The van der Waals surface area contributed by atoms with Gasteiger partial charge in [-0.1, -0.05) is 23.9 Å². The molecule has 0 fully saturated rings. The Hall–Kier alpha value is -1.40. The van der Waals surface area contributed by atoms with Crippen LogP contribution in [0.25, 0.3) is 0 Å². The Balaban J connectivity index is 2.13. The van der Waals surface area contributed by atoms with Crippen molar-refractivity contribution >= 4 is 11.5 Å². The zero-order valence-corrected chi connectivity index (χ0v) is 11.4. The second-order valence-electron chi connectivity index (χ2n) is 4.39. The van der Waals surface area contributed by atoms with Gasteiger partial charge in [0, 0.05) is 6.04 Å². The van der Waals surface area contributed by atoms with E-state index in [2.05, 4.69) is 16.5 Å². The van der Waals surface area contributed by atoms with Gasteiger partial charge in [-0.15, -0.1) is 5.10 Å². The Morgan fingerprint density at radius 1 is 1.32 bits per heavy atom. The van der Waals surface area contributed by atoms with Crippen molar-refractivity contribution in [1.82, 2.24) is 9.59 Å². The van der Waals surface area contributed by atoms with Gasteiger partial charge in [0.2, 0.25) is 0 Å². The van der Waals surface area contributed by atoms with E-state index in [1.54, 1.807) is 6.07 Å². The molecule has 2 aromatic rings. The van der Waals surface area contributed by atoms with E-state index in [1.807, 2.05) is 0 Å². The third-order valence-electron chi connectivity index (χ3n) is 2.85. The molecule has 0 bridgehead atoms. The van der Waals surface area contributed by atoms with E-state index in [4.69, 9.17) is 5.73 Å². The minimum absolute atomic E-state index is 0.286. The highest BCUT2D eigenvalue weighted by atomic mass is 32.1. The summed E-state index contributed by atoms with van der Waals surface area (Å²) in [6, 6.07) is 3.57. The third kappa shape index (κ3) is 3.33. The van der Waals surface area contributed by atoms with Crippen LogP contribution in [0.15, 0.2) is 18.2 Å².